The Morgan fingerprint density at radius 2 is 1.78 bits per heavy atom. The minimum Gasteiger partial charge on any atom is -0.465 e. The summed E-state index contributed by atoms with van der Waals surface area (Å²) in [6.45, 7) is 0.113. The minimum absolute atomic E-state index is 0.00960. The number of methoxy groups -OCH3 is 1. The normalized spacial score (nSPS) is 15.6. The number of anilines is 1. The second kappa shape index (κ2) is 9.23. The van der Waals surface area contributed by atoms with Crippen LogP contribution in [0.2, 0.25) is 0 Å². The lowest BCUT2D eigenvalue weighted by atomic mass is 10.1. The summed E-state index contributed by atoms with van der Waals surface area (Å²) in [5.41, 5.74) is 2.56. The van der Waals surface area contributed by atoms with Crippen molar-refractivity contribution in [1.29, 1.82) is 0 Å². The molecule has 1 aliphatic heterocycles. The van der Waals surface area contributed by atoms with Crippen molar-refractivity contribution in [2.24, 2.45) is 0 Å². The third-order valence-corrected chi connectivity index (χ3v) is 6.63. The van der Waals surface area contributed by atoms with Crippen LogP contribution in [0.3, 0.4) is 0 Å². The van der Waals surface area contributed by atoms with Crippen molar-refractivity contribution in [3.8, 4) is 0 Å². The van der Waals surface area contributed by atoms with Crippen molar-refractivity contribution in [3.63, 3.8) is 0 Å². The van der Waals surface area contributed by atoms with Crippen LogP contribution < -0.4 is 4.90 Å². The molecule has 0 saturated heterocycles. The zero-order valence-corrected chi connectivity index (χ0v) is 18.1. The Morgan fingerprint density at radius 1 is 1.09 bits per heavy atom. The third kappa shape index (κ3) is 4.36. The first-order chi connectivity index (χ1) is 15.5. The van der Waals surface area contributed by atoms with E-state index in [2.05, 4.69) is 0 Å². The van der Waals surface area contributed by atoms with Gasteiger partial charge in [-0.25, -0.2) is 4.79 Å². The summed E-state index contributed by atoms with van der Waals surface area (Å²) >= 11 is 1.57. The van der Waals surface area contributed by atoms with Crippen molar-refractivity contribution in [1.82, 2.24) is 0 Å². The zero-order valence-electron chi connectivity index (χ0n) is 17.3. The van der Waals surface area contributed by atoms with Gasteiger partial charge in [0.1, 0.15) is 0 Å². The molecule has 0 aliphatic carbocycles. The standard InChI is InChI=1S/C24H20N2O5S/c1-31-24(28)17-12-10-16(11-13-17)22-14-23(27)25(20-8-4-5-9-21(20)32-22)15-18-6-2-3-7-19(18)26(29)30/h2-13,22H,14-15H2,1H3. The van der Waals surface area contributed by atoms with E-state index in [1.165, 1.54) is 13.2 Å². The topological polar surface area (TPSA) is 89.8 Å². The number of nitro benzene ring substituents is 1. The van der Waals surface area contributed by atoms with E-state index in [0.717, 1.165) is 16.1 Å². The van der Waals surface area contributed by atoms with Crippen LogP contribution in [0.15, 0.2) is 77.7 Å². The number of hydrogen-bond donors (Lipinski definition) is 0. The van der Waals surface area contributed by atoms with Gasteiger partial charge in [0.15, 0.2) is 0 Å². The summed E-state index contributed by atoms with van der Waals surface area (Å²) in [5.74, 6) is -0.537. The number of hydrogen-bond acceptors (Lipinski definition) is 6. The van der Waals surface area contributed by atoms with E-state index in [0.29, 0.717) is 11.1 Å². The van der Waals surface area contributed by atoms with Crippen LogP contribution in [0.1, 0.15) is 33.2 Å². The van der Waals surface area contributed by atoms with Gasteiger partial charge in [0.2, 0.25) is 5.91 Å². The average molecular weight is 449 g/mol. The molecular weight excluding hydrogens is 428 g/mol. The molecule has 1 heterocycles. The number of thioether (sulfide) groups is 1. The Hall–Kier alpha value is -3.65. The molecule has 1 aliphatic rings. The number of ether oxygens (including phenoxy) is 1. The van der Waals surface area contributed by atoms with Gasteiger partial charge in [-0.15, -0.1) is 11.8 Å². The van der Waals surface area contributed by atoms with E-state index in [9.17, 15) is 19.7 Å². The van der Waals surface area contributed by atoms with E-state index in [1.54, 1.807) is 47.0 Å². The number of amides is 1. The van der Waals surface area contributed by atoms with Crippen LogP contribution in [0.25, 0.3) is 0 Å². The average Bonchev–Trinajstić information content (AvgIpc) is 2.95. The Bertz CT molecular complexity index is 1180. The Labute approximate surface area is 189 Å². The number of fused-ring (bicyclic) bond motifs is 1. The first-order valence-corrected chi connectivity index (χ1v) is 10.8. The van der Waals surface area contributed by atoms with Gasteiger partial charge in [0, 0.05) is 28.2 Å². The summed E-state index contributed by atoms with van der Waals surface area (Å²) in [5, 5.41) is 11.3. The number of carbonyl (C=O) groups is 2. The SMILES string of the molecule is COC(=O)c1ccc(C2CC(=O)N(Cc3ccccc3[N+](=O)[O-])c3ccccc3S2)cc1. The van der Waals surface area contributed by atoms with E-state index < -0.39 is 10.9 Å². The summed E-state index contributed by atoms with van der Waals surface area (Å²) < 4.78 is 4.75. The largest absolute Gasteiger partial charge is 0.465 e. The molecule has 0 spiro atoms. The Kier molecular flexibility index (Phi) is 6.23. The molecule has 0 radical (unpaired) electrons. The highest BCUT2D eigenvalue weighted by molar-refractivity contribution is 7.99. The Morgan fingerprint density at radius 3 is 2.50 bits per heavy atom. The number of rotatable bonds is 5. The summed E-state index contributed by atoms with van der Waals surface area (Å²) in [6.07, 6.45) is 0.220. The fourth-order valence-electron chi connectivity index (χ4n) is 3.68. The highest BCUT2D eigenvalue weighted by atomic mass is 32.2. The summed E-state index contributed by atoms with van der Waals surface area (Å²) in [7, 11) is 1.33. The highest BCUT2D eigenvalue weighted by Gasteiger charge is 2.30. The molecule has 8 heteroatoms. The molecule has 32 heavy (non-hydrogen) atoms. The van der Waals surface area contributed by atoms with Crippen LogP contribution in [0.4, 0.5) is 11.4 Å². The maximum atomic E-state index is 13.3. The molecule has 1 atom stereocenters. The predicted octanol–water partition coefficient (Wildman–Crippen LogP) is 5.15. The molecule has 1 unspecified atom stereocenters. The predicted molar refractivity (Wildman–Crippen MR) is 122 cm³/mol. The molecule has 1 amide bonds. The Balaban J connectivity index is 1.67. The zero-order chi connectivity index (χ0) is 22.7. The van der Waals surface area contributed by atoms with E-state index in [1.807, 2.05) is 36.4 Å². The molecule has 4 rings (SSSR count). The molecule has 162 valence electrons. The van der Waals surface area contributed by atoms with Crippen molar-refractivity contribution in [2.75, 3.05) is 12.0 Å². The van der Waals surface area contributed by atoms with Crippen LogP contribution in [-0.2, 0) is 16.1 Å². The summed E-state index contributed by atoms with van der Waals surface area (Å²) in [6, 6.07) is 21.1. The highest BCUT2D eigenvalue weighted by Crippen LogP contribution is 2.46. The van der Waals surface area contributed by atoms with Crippen LogP contribution in [0.5, 0.6) is 0 Å². The molecule has 0 bridgehead atoms. The van der Waals surface area contributed by atoms with E-state index >= 15 is 0 Å². The van der Waals surface area contributed by atoms with Gasteiger partial charge in [-0.1, -0.05) is 42.5 Å². The second-order valence-electron chi connectivity index (χ2n) is 7.26. The minimum atomic E-state index is -0.427. The number of benzene rings is 3. The smallest absolute Gasteiger partial charge is 0.337 e. The van der Waals surface area contributed by atoms with Gasteiger partial charge < -0.3 is 9.64 Å². The van der Waals surface area contributed by atoms with Crippen LogP contribution in [0, 0.1) is 10.1 Å². The molecule has 0 fully saturated rings. The molecular formula is C24H20N2O5S. The van der Waals surface area contributed by atoms with Gasteiger partial charge in [0.25, 0.3) is 5.69 Å². The van der Waals surface area contributed by atoms with Gasteiger partial charge in [-0.05, 0) is 29.8 Å². The van der Waals surface area contributed by atoms with Crippen LogP contribution >= 0.6 is 11.8 Å². The van der Waals surface area contributed by atoms with Crippen molar-refractivity contribution in [2.45, 2.75) is 23.1 Å². The second-order valence-corrected chi connectivity index (χ2v) is 8.50. The van der Waals surface area contributed by atoms with Gasteiger partial charge in [-0.2, -0.15) is 0 Å². The first-order valence-electron chi connectivity index (χ1n) is 9.94. The molecule has 0 N–H and O–H groups in total. The quantitative estimate of drug-likeness (QED) is 0.305. The summed E-state index contributed by atoms with van der Waals surface area (Å²) in [4.78, 5) is 38.6. The lowest BCUT2D eigenvalue weighted by Crippen LogP contribution is -2.30. The molecule has 0 aromatic heterocycles. The van der Waals surface area contributed by atoms with Crippen molar-refractivity contribution in [3.05, 3.63) is 99.6 Å². The molecule has 7 nitrogen and oxygen atoms in total. The van der Waals surface area contributed by atoms with Gasteiger partial charge in [-0.3, -0.25) is 14.9 Å². The molecule has 0 saturated carbocycles. The number of carbonyl (C=O) groups excluding carboxylic acids is 2. The number of nitro groups is 1. The maximum absolute atomic E-state index is 13.3. The number of nitrogens with zero attached hydrogens (tertiary/aromatic N) is 2. The van der Waals surface area contributed by atoms with Gasteiger partial charge >= 0.3 is 5.97 Å². The molecule has 3 aromatic rings. The first kappa shape index (κ1) is 21.6. The maximum Gasteiger partial charge on any atom is 0.337 e. The fraction of sp³-hybridized carbons (Fsp3) is 0.167. The monoisotopic (exact) mass is 448 g/mol. The lowest BCUT2D eigenvalue weighted by Gasteiger charge is -2.22. The molecule has 3 aromatic carbocycles. The third-order valence-electron chi connectivity index (χ3n) is 5.31. The van der Waals surface area contributed by atoms with E-state index in [-0.39, 0.29) is 29.8 Å². The van der Waals surface area contributed by atoms with Crippen molar-refractivity contribution < 1.29 is 19.2 Å². The lowest BCUT2D eigenvalue weighted by molar-refractivity contribution is -0.385. The number of esters is 1. The van der Waals surface area contributed by atoms with Crippen LogP contribution in [-0.4, -0.2) is 23.9 Å². The number of para-hydroxylation sites is 2. The fourth-order valence-corrected chi connectivity index (χ4v) is 4.96. The van der Waals surface area contributed by atoms with Gasteiger partial charge in [0.05, 0.1) is 29.8 Å². The van der Waals surface area contributed by atoms with E-state index in [4.69, 9.17) is 4.74 Å². The van der Waals surface area contributed by atoms with Crippen molar-refractivity contribution >= 4 is 35.0 Å².